The van der Waals surface area contributed by atoms with Gasteiger partial charge in [0.25, 0.3) is 0 Å². The van der Waals surface area contributed by atoms with E-state index in [1.807, 2.05) is 61.5 Å². The largest absolute Gasteiger partial charge is 0.378 e. The molecule has 1 saturated carbocycles. The zero-order chi connectivity index (χ0) is 23.1. The number of rotatable bonds is 4. The number of anilines is 2. The number of imide groups is 1. The van der Waals surface area contributed by atoms with Crippen LogP contribution >= 0.6 is 0 Å². The Hall–Kier alpha value is -3.15. The number of amides is 3. The Labute approximate surface area is 194 Å². The highest BCUT2D eigenvalue weighted by molar-refractivity contribution is 6.10. The van der Waals surface area contributed by atoms with Crippen LogP contribution in [0.4, 0.5) is 11.4 Å². The second kappa shape index (κ2) is 8.65. The van der Waals surface area contributed by atoms with Gasteiger partial charge in [0, 0.05) is 17.4 Å². The van der Waals surface area contributed by atoms with E-state index in [-0.39, 0.29) is 41.6 Å². The van der Waals surface area contributed by atoms with E-state index in [1.165, 1.54) is 4.90 Å². The lowest BCUT2D eigenvalue weighted by atomic mass is 9.81. The minimum atomic E-state index is -0.801. The molecule has 3 aliphatic rings. The quantitative estimate of drug-likeness (QED) is 0.702. The van der Waals surface area contributed by atoms with E-state index < -0.39 is 6.04 Å². The molecular weight excluding hydrogens is 414 g/mol. The first-order chi connectivity index (χ1) is 16.0. The zero-order valence-corrected chi connectivity index (χ0v) is 19.2. The van der Waals surface area contributed by atoms with Crippen molar-refractivity contribution >= 4 is 29.1 Å². The SMILES string of the molecule is C[C@@H]1C[C@H](Nc2ccccc2)c2ccccc2N1C(=O)[C@H](C)N1C(=O)C2CCCCC2C1=O. The van der Waals surface area contributed by atoms with Crippen molar-refractivity contribution in [1.29, 1.82) is 0 Å². The van der Waals surface area contributed by atoms with Crippen LogP contribution in [0.15, 0.2) is 54.6 Å². The minimum Gasteiger partial charge on any atom is -0.378 e. The van der Waals surface area contributed by atoms with E-state index in [2.05, 4.69) is 5.32 Å². The van der Waals surface area contributed by atoms with Gasteiger partial charge in [-0.2, -0.15) is 0 Å². The molecular formula is C27H31N3O3. The molecule has 0 spiro atoms. The monoisotopic (exact) mass is 445 g/mol. The van der Waals surface area contributed by atoms with Crippen molar-refractivity contribution in [2.24, 2.45) is 11.8 Å². The number of benzene rings is 2. The molecule has 2 fully saturated rings. The first-order valence-corrected chi connectivity index (χ1v) is 12.1. The predicted molar refractivity (Wildman–Crippen MR) is 128 cm³/mol. The van der Waals surface area contributed by atoms with E-state index in [4.69, 9.17) is 0 Å². The van der Waals surface area contributed by atoms with Crippen molar-refractivity contribution < 1.29 is 14.4 Å². The normalized spacial score (nSPS) is 27.7. The summed E-state index contributed by atoms with van der Waals surface area (Å²) in [6, 6.07) is 17.2. The van der Waals surface area contributed by atoms with E-state index >= 15 is 0 Å². The first kappa shape index (κ1) is 21.7. The number of nitrogens with zero attached hydrogens (tertiary/aromatic N) is 2. The summed E-state index contributed by atoms with van der Waals surface area (Å²) in [7, 11) is 0. The van der Waals surface area contributed by atoms with Gasteiger partial charge in [0.05, 0.1) is 17.9 Å². The Morgan fingerprint density at radius 2 is 1.55 bits per heavy atom. The van der Waals surface area contributed by atoms with Crippen LogP contribution < -0.4 is 10.2 Å². The maximum Gasteiger partial charge on any atom is 0.250 e. The molecule has 0 aromatic heterocycles. The van der Waals surface area contributed by atoms with Crippen LogP contribution in [0, 0.1) is 11.8 Å². The number of fused-ring (bicyclic) bond motifs is 2. The molecule has 5 rings (SSSR count). The van der Waals surface area contributed by atoms with Crippen molar-refractivity contribution in [3.63, 3.8) is 0 Å². The Morgan fingerprint density at radius 1 is 0.939 bits per heavy atom. The van der Waals surface area contributed by atoms with Gasteiger partial charge in [-0.05, 0) is 56.9 Å². The third kappa shape index (κ3) is 3.71. The Morgan fingerprint density at radius 3 is 2.21 bits per heavy atom. The second-order valence-corrected chi connectivity index (χ2v) is 9.63. The molecule has 172 valence electrons. The summed E-state index contributed by atoms with van der Waals surface area (Å²) in [4.78, 5) is 43.0. The van der Waals surface area contributed by atoms with Gasteiger partial charge in [-0.1, -0.05) is 49.2 Å². The number of carbonyl (C=O) groups is 3. The average Bonchev–Trinajstić information content (AvgIpc) is 3.09. The molecule has 2 unspecified atom stereocenters. The first-order valence-electron chi connectivity index (χ1n) is 12.1. The van der Waals surface area contributed by atoms with Crippen LogP contribution in [0.5, 0.6) is 0 Å². The highest BCUT2D eigenvalue weighted by Gasteiger charge is 2.51. The summed E-state index contributed by atoms with van der Waals surface area (Å²) in [6.45, 7) is 3.74. The molecule has 33 heavy (non-hydrogen) atoms. The molecule has 2 aliphatic heterocycles. The standard InChI is InChI=1S/C27H31N3O3/c1-17-16-23(28-19-10-4-3-5-11-19)22-14-8-9-15-24(22)29(17)25(31)18(2)30-26(32)20-12-6-7-13-21(20)27(30)33/h3-5,8-11,14-15,17-18,20-21,23,28H,6-7,12-13,16H2,1-2H3/t17-,18+,20?,21?,23+/m1/s1. The molecule has 6 heteroatoms. The van der Waals surface area contributed by atoms with E-state index in [9.17, 15) is 14.4 Å². The molecule has 0 radical (unpaired) electrons. The lowest BCUT2D eigenvalue weighted by Gasteiger charge is -2.41. The van der Waals surface area contributed by atoms with Gasteiger partial charge in [0.1, 0.15) is 6.04 Å². The van der Waals surface area contributed by atoms with Crippen LogP contribution in [0.3, 0.4) is 0 Å². The second-order valence-electron chi connectivity index (χ2n) is 9.63. The predicted octanol–water partition coefficient (Wildman–Crippen LogP) is 4.53. The van der Waals surface area contributed by atoms with Crippen LogP contribution in [0.2, 0.25) is 0 Å². The number of para-hydroxylation sites is 2. The molecule has 1 saturated heterocycles. The van der Waals surface area contributed by atoms with Crippen LogP contribution in [-0.2, 0) is 14.4 Å². The van der Waals surface area contributed by atoms with Crippen molar-refractivity contribution in [2.45, 2.75) is 64.1 Å². The molecule has 2 aromatic rings. The summed E-state index contributed by atoms with van der Waals surface area (Å²) in [5.41, 5.74) is 2.93. The van der Waals surface area contributed by atoms with Crippen molar-refractivity contribution in [2.75, 3.05) is 10.2 Å². The van der Waals surface area contributed by atoms with Crippen molar-refractivity contribution in [3.05, 3.63) is 60.2 Å². The van der Waals surface area contributed by atoms with Gasteiger partial charge in [-0.25, -0.2) is 0 Å². The van der Waals surface area contributed by atoms with Gasteiger partial charge >= 0.3 is 0 Å². The Kier molecular flexibility index (Phi) is 5.69. The van der Waals surface area contributed by atoms with E-state index in [0.29, 0.717) is 0 Å². The van der Waals surface area contributed by atoms with Gasteiger partial charge < -0.3 is 10.2 Å². The fraction of sp³-hybridized carbons (Fsp3) is 0.444. The number of likely N-dealkylation sites (tertiary alicyclic amines) is 1. The van der Waals surface area contributed by atoms with Gasteiger partial charge in [0.15, 0.2) is 0 Å². The maximum atomic E-state index is 13.8. The fourth-order valence-electron chi connectivity index (χ4n) is 5.90. The molecule has 1 N–H and O–H groups in total. The molecule has 2 heterocycles. The third-order valence-electron chi connectivity index (χ3n) is 7.56. The van der Waals surface area contributed by atoms with Crippen LogP contribution in [0.25, 0.3) is 0 Å². The molecule has 6 nitrogen and oxygen atoms in total. The topological polar surface area (TPSA) is 69.7 Å². The summed E-state index contributed by atoms with van der Waals surface area (Å²) >= 11 is 0. The summed E-state index contributed by atoms with van der Waals surface area (Å²) in [5, 5.41) is 3.60. The molecule has 1 aliphatic carbocycles. The lowest BCUT2D eigenvalue weighted by molar-refractivity contribution is -0.146. The van der Waals surface area contributed by atoms with Crippen molar-refractivity contribution in [3.8, 4) is 0 Å². The third-order valence-corrected chi connectivity index (χ3v) is 7.56. The summed E-state index contributed by atoms with van der Waals surface area (Å²) < 4.78 is 0. The van der Waals surface area contributed by atoms with E-state index in [0.717, 1.165) is 49.0 Å². The zero-order valence-electron chi connectivity index (χ0n) is 19.2. The van der Waals surface area contributed by atoms with Gasteiger partial charge in [0.2, 0.25) is 17.7 Å². The molecule has 0 bridgehead atoms. The maximum absolute atomic E-state index is 13.8. The molecule has 5 atom stereocenters. The van der Waals surface area contributed by atoms with Crippen LogP contribution in [0.1, 0.15) is 57.6 Å². The number of nitrogens with one attached hydrogen (secondary N) is 1. The van der Waals surface area contributed by atoms with Crippen molar-refractivity contribution in [1.82, 2.24) is 4.90 Å². The van der Waals surface area contributed by atoms with Gasteiger partial charge in [-0.15, -0.1) is 0 Å². The lowest BCUT2D eigenvalue weighted by Crippen LogP contribution is -2.54. The number of carbonyl (C=O) groups excluding carboxylic acids is 3. The van der Waals surface area contributed by atoms with Gasteiger partial charge in [-0.3, -0.25) is 19.3 Å². The summed E-state index contributed by atoms with van der Waals surface area (Å²) in [6.07, 6.45) is 4.19. The van der Waals surface area contributed by atoms with Crippen LogP contribution in [-0.4, -0.2) is 34.7 Å². The fourth-order valence-corrected chi connectivity index (χ4v) is 5.90. The Balaban J connectivity index is 1.42. The average molecular weight is 446 g/mol. The number of hydrogen-bond acceptors (Lipinski definition) is 4. The Bertz CT molecular complexity index is 1050. The highest BCUT2D eigenvalue weighted by atomic mass is 16.2. The summed E-state index contributed by atoms with van der Waals surface area (Å²) in [5.74, 6) is -0.994. The highest BCUT2D eigenvalue weighted by Crippen LogP contribution is 2.42. The smallest absolute Gasteiger partial charge is 0.250 e. The molecule has 3 amide bonds. The number of hydrogen-bond donors (Lipinski definition) is 1. The van der Waals surface area contributed by atoms with E-state index in [1.54, 1.807) is 11.8 Å². The minimum absolute atomic E-state index is 0.0656. The molecule has 2 aromatic carbocycles.